The molecule has 10 atom stereocenters. The third-order valence-electron chi connectivity index (χ3n) is 10.7. The second-order valence-electron chi connectivity index (χ2n) is 13.5. The third kappa shape index (κ3) is 5.04. The fourth-order valence-electron chi connectivity index (χ4n) is 8.55. The average molecular weight is 545 g/mol. The fourth-order valence-corrected chi connectivity index (χ4v) is 9.12. The van der Waals surface area contributed by atoms with Crippen molar-refractivity contribution in [3.8, 4) is 0 Å². The van der Waals surface area contributed by atoms with Gasteiger partial charge in [0.25, 0.3) is 0 Å². The molecular weight excluding hydrogens is 499 g/mol. The Bertz CT molecular complexity index is 985. The van der Waals surface area contributed by atoms with E-state index in [0.29, 0.717) is 44.1 Å². The molecule has 0 aromatic carbocycles. The number of hydrogen-bond donors (Lipinski definition) is 6. The first-order valence-corrected chi connectivity index (χ1v) is 15.2. The van der Waals surface area contributed by atoms with Crippen molar-refractivity contribution in [1.82, 2.24) is 0 Å². The maximum Gasteiger partial charge on any atom is 0.469 e. The zero-order valence-corrected chi connectivity index (χ0v) is 23.5. The molecule has 37 heavy (non-hydrogen) atoms. The molecule has 4 aliphatic rings. The molecule has 0 radical (unpaired) electrons. The fraction of sp³-hybridized carbons (Fsp3) is 0.889. The van der Waals surface area contributed by atoms with E-state index < -0.39 is 54.1 Å². The van der Waals surface area contributed by atoms with Gasteiger partial charge in [-0.25, -0.2) is 4.57 Å². The summed E-state index contributed by atoms with van der Waals surface area (Å²) < 4.78 is 16.5. The van der Waals surface area contributed by atoms with Crippen molar-refractivity contribution in [3.63, 3.8) is 0 Å². The van der Waals surface area contributed by atoms with Crippen LogP contribution >= 0.6 is 7.82 Å². The van der Waals surface area contributed by atoms with Gasteiger partial charge in [-0.1, -0.05) is 20.8 Å². The number of allylic oxidation sites excluding steroid dienone is 1. The molecule has 3 fully saturated rings. The molecule has 0 aromatic rings. The van der Waals surface area contributed by atoms with Crippen molar-refractivity contribution in [1.29, 1.82) is 0 Å². The van der Waals surface area contributed by atoms with Crippen molar-refractivity contribution in [3.05, 3.63) is 11.6 Å². The van der Waals surface area contributed by atoms with Gasteiger partial charge in [0.05, 0.1) is 29.5 Å². The van der Waals surface area contributed by atoms with Gasteiger partial charge in [-0.3, -0.25) is 9.32 Å². The predicted octanol–water partition coefficient (Wildman–Crippen LogP) is 2.86. The topological polar surface area (TPSA) is 165 Å². The normalized spacial score (nSPS) is 43.9. The van der Waals surface area contributed by atoms with Gasteiger partial charge < -0.3 is 30.2 Å². The minimum absolute atomic E-state index is 0.0238. The third-order valence-corrected chi connectivity index (χ3v) is 11.3. The summed E-state index contributed by atoms with van der Waals surface area (Å²) in [7, 11) is -4.84. The van der Waals surface area contributed by atoms with E-state index in [0.717, 1.165) is 0 Å². The lowest BCUT2D eigenvalue weighted by molar-refractivity contribution is -0.153. The first-order valence-electron chi connectivity index (χ1n) is 13.6. The van der Waals surface area contributed by atoms with Gasteiger partial charge in [-0.15, -0.1) is 0 Å². The quantitative estimate of drug-likeness (QED) is 0.264. The molecule has 10 heteroatoms. The van der Waals surface area contributed by atoms with Gasteiger partial charge in [0.2, 0.25) is 0 Å². The van der Waals surface area contributed by atoms with Crippen molar-refractivity contribution < 1.29 is 44.1 Å². The number of aliphatic hydroxyl groups is 4. The van der Waals surface area contributed by atoms with E-state index in [4.69, 9.17) is 4.52 Å². The number of carbonyl (C=O) groups is 1. The first kappa shape index (κ1) is 29.3. The number of carbonyl (C=O) groups excluding carboxylic acids is 1. The summed E-state index contributed by atoms with van der Waals surface area (Å²) in [6, 6.07) is 0. The Kier molecular flexibility index (Phi) is 7.52. The predicted molar refractivity (Wildman–Crippen MR) is 136 cm³/mol. The second kappa shape index (κ2) is 9.48. The Balaban J connectivity index is 1.62. The van der Waals surface area contributed by atoms with Crippen molar-refractivity contribution >= 4 is 13.6 Å². The van der Waals surface area contributed by atoms with Crippen LogP contribution in [-0.4, -0.2) is 65.5 Å². The van der Waals surface area contributed by atoms with Crippen molar-refractivity contribution in [2.45, 2.75) is 115 Å². The van der Waals surface area contributed by atoms with E-state index in [9.17, 15) is 39.6 Å². The lowest BCUT2D eigenvalue weighted by atomic mass is 9.46. The van der Waals surface area contributed by atoms with Crippen LogP contribution in [0.15, 0.2) is 11.6 Å². The van der Waals surface area contributed by atoms with Crippen molar-refractivity contribution in [2.24, 2.45) is 34.5 Å². The van der Waals surface area contributed by atoms with Crippen LogP contribution in [0.4, 0.5) is 0 Å². The Hall–Kier alpha value is -0.640. The standard InChI is InChI=1S/C27H45O9P/c1-15(20(28)8-9-24(2,3)31)16-7-11-27(32)18-12-21(29)19-13-22(30)23(36-37(33,34)35)14-25(19,4)17(18)6-10-26(16,27)5/h12,15-17,19-20,22-23,28,30-32H,6-11,13-14H2,1-5H3,(H2,33,34,35)/t15-,16+,17-,19-,20+,22+,23-,25+,26+,27+/m0/s1. The summed E-state index contributed by atoms with van der Waals surface area (Å²) in [5, 5.41) is 43.9. The highest BCUT2D eigenvalue weighted by molar-refractivity contribution is 7.46. The van der Waals surface area contributed by atoms with Crippen LogP contribution in [-0.2, 0) is 13.9 Å². The molecule has 0 saturated heterocycles. The Morgan fingerprint density at radius 3 is 2.43 bits per heavy atom. The highest BCUT2D eigenvalue weighted by Gasteiger charge is 2.67. The molecular formula is C27H45O9P. The molecule has 0 aromatic heterocycles. The monoisotopic (exact) mass is 544 g/mol. The van der Waals surface area contributed by atoms with Gasteiger partial charge in [-0.2, -0.15) is 0 Å². The molecule has 6 N–H and O–H groups in total. The number of ketones is 1. The largest absolute Gasteiger partial charge is 0.469 e. The second-order valence-corrected chi connectivity index (χ2v) is 14.7. The minimum Gasteiger partial charge on any atom is -0.393 e. The lowest BCUT2D eigenvalue weighted by Crippen LogP contribution is -2.61. The van der Waals surface area contributed by atoms with Crippen LogP contribution in [0.2, 0.25) is 0 Å². The van der Waals surface area contributed by atoms with Crippen LogP contribution in [0.25, 0.3) is 0 Å². The summed E-state index contributed by atoms with van der Waals surface area (Å²) in [6.45, 7) is 9.44. The van der Waals surface area contributed by atoms with Crippen LogP contribution in [0.3, 0.4) is 0 Å². The number of hydrogen-bond acceptors (Lipinski definition) is 7. The highest BCUT2D eigenvalue weighted by atomic mass is 31.2. The zero-order chi connectivity index (χ0) is 27.8. The van der Waals surface area contributed by atoms with E-state index in [1.807, 2.05) is 13.8 Å². The molecule has 0 spiro atoms. The van der Waals surface area contributed by atoms with E-state index in [1.54, 1.807) is 19.9 Å². The van der Waals surface area contributed by atoms with Gasteiger partial charge >= 0.3 is 7.82 Å². The summed E-state index contributed by atoms with van der Waals surface area (Å²) in [4.78, 5) is 32.2. The van der Waals surface area contributed by atoms with Crippen LogP contribution in [0.5, 0.6) is 0 Å². The van der Waals surface area contributed by atoms with Crippen LogP contribution in [0.1, 0.15) is 86.0 Å². The molecule has 9 nitrogen and oxygen atoms in total. The van der Waals surface area contributed by atoms with E-state index in [1.165, 1.54) is 0 Å². The van der Waals surface area contributed by atoms with E-state index in [-0.39, 0.29) is 36.4 Å². The molecule has 4 aliphatic carbocycles. The van der Waals surface area contributed by atoms with Crippen LogP contribution in [0, 0.1) is 34.5 Å². The molecule has 212 valence electrons. The summed E-state index contributed by atoms with van der Waals surface area (Å²) >= 11 is 0. The van der Waals surface area contributed by atoms with E-state index in [2.05, 4.69) is 6.92 Å². The molecule has 0 heterocycles. The van der Waals surface area contributed by atoms with Gasteiger partial charge in [0.15, 0.2) is 5.78 Å². The smallest absolute Gasteiger partial charge is 0.393 e. The maximum absolute atomic E-state index is 13.4. The number of fused-ring (bicyclic) bond motifs is 5. The first-order chi connectivity index (χ1) is 16.8. The minimum atomic E-state index is -4.84. The van der Waals surface area contributed by atoms with Gasteiger partial charge in [0, 0.05) is 11.3 Å². The number of aliphatic hydroxyl groups excluding tert-OH is 2. The van der Waals surface area contributed by atoms with Gasteiger partial charge in [0.1, 0.15) is 0 Å². The number of phosphoric ester groups is 1. The molecule has 0 amide bonds. The zero-order valence-electron chi connectivity index (χ0n) is 22.6. The van der Waals surface area contributed by atoms with Gasteiger partial charge in [-0.05, 0) is 100 Å². The molecule has 3 saturated carbocycles. The number of rotatable bonds is 7. The Labute approximate surface area is 219 Å². The molecule has 4 rings (SSSR count). The lowest BCUT2D eigenvalue weighted by Gasteiger charge is -2.60. The van der Waals surface area contributed by atoms with E-state index >= 15 is 0 Å². The Morgan fingerprint density at radius 2 is 1.84 bits per heavy atom. The average Bonchev–Trinajstić information content (AvgIpc) is 3.03. The summed E-state index contributed by atoms with van der Waals surface area (Å²) in [5.74, 6) is -0.942. The maximum atomic E-state index is 13.4. The molecule has 0 unspecified atom stereocenters. The van der Waals surface area contributed by atoms with Crippen molar-refractivity contribution in [2.75, 3.05) is 0 Å². The molecule has 0 aliphatic heterocycles. The Morgan fingerprint density at radius 1 is 1.19 bits per heavy atom. The van der Waals surface area contributed by atoms with Crippen LogP contribution < -0.4 is 0 Å². The summed E-state index contributed by atoms with van der Waals surface area (Å²) in [6.07, 6.45) is 2.35. The summed E-state index contributed by atoms with van der Waals surface area (Å²) in [5.41, 5.74) is -2.67. The number of phosphoric acid groups is 1. The highest BCUT2D eigenvalue weighted by Crippen LogP contribution is 2.68. The SMILES string of the molecule is C[C@H]([C@H](O)CCC(C)(C)O)[C@H]1CC[C@@]2(O)C3=CC(=O)[C@@H]4C[C@@H](O)[C@@H](OP(=O)(O)O)C[C@]4(C)[C@H]3CC[C@]12C. The molecule has 0 bridgehead atoms.